The van der Waals surface area contributed by atoms with Crippen molar-refractivity contribution in [1.82, 2.24) is 10.6 Å². The van der Waals surface area contributed by atoms with Crippen LogP contribution in [0.5, 0.6) is 0 Å². The maximum atomic E-state index is 11.6. The average Bonchev–Trinajstić information content (AvgIpc) is 2.39. The Morgan fingerprint density at radius 1 is 1.20 bits per heavy atom. The minimum absolute atomic E-state index is 0.0778. The summed E-state index contributed by atoms with van der Waals surface area (Å²) in [5, 5.41) is 14.3. The Bertz CT molecular complexity index is 401. The van der Waals surface area contributed by atoms with E-state index in [1.54, 1.807) is 0 Å². The number of urea groups is 1. The van der Waals surface area contributed by atoms with E-state index in [-0.39, 0.29) is 18.7 Å². The molecule has 20 heavy (non-hydrogen) atoms. The Morgan fingerprint density at radius 2 is 1.85 bits per heavy atom. The van der Waals surface area contributed by atoms with Crippen molar-refractivity contribution >= 4 is 6.03 Å². The van der Waals surface area contributed by atoms with Crippen LogP contribution in [-0.4, -0.2) is 30.3 Å². The summed E-state index contributed by atoms with van der Waals surface area (Å²) in [5.41, 5.74) is 2.55. The fraction of sp³-hybridized carbons (Fsp3) is 0.562. The fourth-order valence-electron chi connectivity index (χ4n) is 2.00. The summed E-state index contributed by atoms with van der Waals surface area (Å²) < 4.78 is 0. The average molecular weight is 278 g/mol. The van der Waals surface area contributed by atoms with Gasteiger partial charge in [-0.25, -0.2) is 4.79 Å². The molecule has 4 nitrogen and oxygen atoms in total. The monoisotopic (exact) mass is 278 g/mol. The van der Waals surface area contributed by atoms with Crippen molar-refractivity contribution < 1.29 is 9.90 Å². The Kier molecular flexibility index (Phi) is 7.09. The molecule has 3 N–H and O–H groups in total. The standard InChI is InChI=1S/C16H26N2O2/c1-12(2)15-7-5-14(6-8-15)11-13(3)18-16(20)17-9-4-10-19/h5-8,12-13,19H,4,9-11H2,1-3H3,(H2,17,18,20). The fourth-order valence-corrected chi connectivity index (χ4v) is 2.00. The van der Waals surface area contributed by atoms with Crippen LogP contribution >= 0.6 is 0 Å². The normalized spacial score (nSPS) is 12.2. The Balaban J connectivity index is 2.37. The highest BCUT2D eigenvalue weighted by molar-refractivity contribution is 5.74. The van der Waals surface area contributed by atoms with Crippen LogP contribution in [0.1, 0.15) is 44.2 Å². The molecule has 1 aromatic carbocycles. The van der Waals surface area contributed by atoms with Crippen LogP contribution in [0, 0.1) is 0 Å². The zero-order valence-electron chi connectivity index (χ0n) is 12.6. The Hall–Kier alpha value is -1.55. The molecule has 0 spiro atoms. The third kappa shape index (κ3) is 6.06. The summed E-state index contributed by atoms with van der Waals surface area (Å²) in [6.45, 7) is 6.93. The quantitative estimate of drug-likeness (QED) is 0.671. The van der Waals surface area contributed by atoms with Crippen molar-refractivity contribution in [3.05, 3.63) is 35.4 Å². The van der Waals surface area contributed by atoms with Crippen molar-refractivity contribution in [2.24, 2.45) is 0 Å². The predicted molar refractivity (Wildman–Crippen MR) is 81.9 cm³/mol. The maximum absolute atomic E-state index is 11.6. The van der Waals surface area contributed by atoms with Gasteiger partial charge in [0.05, 0.1) is 0 Å². The lowest BCUT2D eigenvalue weighted by Gasteiger charge is -2.15. The first kappa shape index (κ1) is 16.5. The number of hydrogen-bond acceptors (Lipinski definition) is 2. The largest absolute Gasteiger partial charge is 0.396 e. The van der Waals surface area contributed by atoms with Gasteiger partial charge in [0.15, 0.2) is 0 Å². The molecule has 0 aliphatic rings. The first-order chi connectivity index (χ1) is 9.52. The van der Waals surface area contributed by atoms with Crippen LogP contribution in [-0.2, 0) is 6.42 Å². The number of benzene rings is 1. The molecule has 2 amide bonds. The van der Waals surface area contributed by atoms with Gasteiger partial charge < -0.3 is 15.7 Å². The van der Waals surface area contributed by atoms with Crippen LogP contribution in [0.4, 0.5) is 4.79 Å². The number of hydrogen-bond donors (Lipinski definition) is 3. The van der Waals surface area contributed by atoms with Gasteiger partial charge in [-0.1, -0.05) is 38.1 Å². The van der Waals surface area contributed by atoms with E-state index < -0.39 is 0 Å². The Labute approximate surface area is 121 Å². The van der Waals surface area contributed by atoms with Gasteiger partial charge in [-0.2, -0.15) is 0 Å². The van der Waals surface area contributed by atoms with Crippen LogP contribution in [0.25, 0.3) is 0 Å². The second-order valence-electron chi connectivity index (χ2n) is 5.48. The second kappa shape index (κ2) is 8.59. The number of carbonyl (C=O) groups is 1. The van der Waals surface area contributed by atoms with E-state index in [2.05, 4.69) is 48.7 Å². The Morgan fingerprint density at radius 3 is 2.40 bits per heavy atom. The smallest absolute Gasteiger partial charge is 0.315 e. The maximum Gasteiger partial charge on any atom is 0.315 e. The van der Waals surface area contributed by atoms with Crippen LogP contribution < -0.4 is 10.6 Å². The molecule has 0 aliphatic heterocycles. The zero-order chi connectivity index (χ0) is 15.0. The highest BCUT2D eigenvalue weighted by atomic mass is 16.3. The van der Waals surface area contributed by atoms with Crippen LogP contribution in [0.2, 0.25) is 0 Å². The molecule has 1 aromatic rings. The molecule has 0 radical (unpaired) electrons. The predicted octanol–water partition coefficient (Wildman–Crippen LogP) is 2.42. The van der Waals surface area contributed by atoms with Crippen molar-refractivity contribution in [3.8, 4) is 0 Å². The van der Waals surface area contributed by atoms with E-state index in [1.807, 2.05) is 6.92 Å². The lowest BCUT2D eigenvalue weighted by atomic mass is 9.99. The molecule has 1 atom stereocenters. The molecule has 0 saturated carbocycles. The van der Waals surface area contributed by atoms with Gasteiger partial charge in [0.25, 0.3) is 0 Å². The summed E-state index contributed by atoms with van der Waals surface area (Å²) in [7, 11) is 0. The van der Waals surface area contributed by atoms with Crippen LogP contribution in [0.15, 0.2) is 24.3 Å². The summed E-state index contributed by atoms with van der Waals surface area (Å²) in [6, 6.07) is 8.44. The van der Waals surface area contributed by atoms with E-state index in [0.29, 0.717) is 18.9 Å². The number of aliphatic hydroxyl groups is 1. The molecular formula is C16H26N2O2. The molecule has 0 saturated heterocycles. The highest BCUT2D eigenvalue weighted by Crippen LogP contribution is 2.15. The van der Waals surface area contributed by atoms with Crippen molar-refractivity contribution in [2.45, 2.75) is 45.6 Å². The number of rotatable bonds is 7. The third-order valence-electron chi connectivity index (χ3n) is 3.19. The minimum Gasteiger partial charge on any atom is -0.396 e. The second-order valence-corrected chi connectivity index (χ2v) is 5.48. The molecule has 0 bridgehead atoms. The molecule has 4 heteroatoms. The summed E-state index contributed by atoms with van der Waals surface area (Å²) >= 11 is 0. The van der Waals surface area contributed by atoms with Gasteiger partial charge in [0.1, 0.15) is 0 Å². The van der Waals surface area contributed by atoms with Crippen molar-refractivity contribution in [1.29, 1.82) is 0 Å². The zero-order valence-corrected chi connectivity index (χ0v) is 12.6. The topological polar surface area (TPSA) is 61.4 Å². The lowest BCUT2D eigenvalue weighted by Crippen LogP contribution is -2.42. The minimum atomic E-state index is -0.176. The summed E-state index contributed by atoms with van der Waals surface area (Å²) in [6.07, 6.45) is 1.39. The summed E-state index contributed by atoms with van der Waals surface area (Å²) in [5.74, 6) is 0.539. The summed E-state index contributed by atoms with van der Waals surface area (Å²) in [4.78, 5) is 11.6. The molecule has 1 unspecified atom stereocenters. The van der Waals surface area contributed by atoms with E-state index in [1.165, 1.54) is 11.1 Å². The van der Waals surface area contributed by atoms with Gasteiger partial charge in [0.2, 0.25) is 0 Å². The molecule has 0 aromatic heterocycles. The number of nitrogens with one attached hydrogen (secondary N) is 2. The number of carbonyl (C=O) groups excluding carboxylic acids is 1. The van der Waals surface area contributed by atoms with Crippen molar-refractivity contribution in [2.75, 3.05) is 13.2 Å². The van der Waals surface area contributed by atoms with E-state index in [0.717, 1.165) is 6.42 Å². The van der Waals surface area contributed by atoms with Gasteiger partial charge in [-0.3, -0.25) is 0 Å². The molecular weight excluding hydrogens is 252 g/mol. The first-order valence-corrected chi connectivity index (χ1v) is 7.27. The van der Waals surface area contributed by atoms with E-state index in [4.69, 9.17) is 5.11 Å². The van der Waals surface area contributed by atoms with Crippen LogP contribution in [0.3, 0.4) is 0 Å². The SMILES string of the molecule is CC(Cc1ccc(C(C)C)cc1)NC(=O)NCCCO. The van der Waals surface area contributed by atoms with E-state index in [9.17, 15) is 4.79 Å². The number of amides is 2. The highest BCUT2D eigenvalue weighted by Gasteiger charge is 2.08. The molecule has 0 aliphatic carbocycles. The molecule has 1 rings (SSSR count). The van der Waals surface area contributed by atoms with Gasteiger partial charge in [-0.05, 0) is 36.8 Å². The number of aliphatic hydroxyl groups excluding tert-OH is 1. The first-order valence-electron chi connectivity index (χ1n) is 7.27. The molecule has 112 valence electrons. The molecule has 0 fully saturated rings. The van der Waals surface area contributed by atoms with Gasteiger partial charge in [-0.15, -0.1) is 0 Å². The van der Waals surface area contributed by atoms with Crippen molar-refractivity contribution in [3.63, 3.8) is 0 Å². The van der Waals surface area contributed by atoms with Gasteiger partial charge >= 0.3 is 6.03 Å². The molecule has 0 heterocycles. The van der Waals surface area contributed by atoms with Gasteiger partial charge in [0, 0.05) is 19.2 Å². The lowest BCUT2D eigenvalue weighted by molar-refractivity contribution is 0.235. The van der Waals surface area contributed by atoms with E-state index >= 15 is 0 Å². The third-order valence-corrected chi connectivity index (χ3v) is 3.19.